The van der Waals surface area contributed by atoms with Gasteiger partial charge in [-0.15, -0.1) is 0 Å². The molecule has 0 saturated heterocycles. The van der Waals surface area contributed by atoms with Gasteiger partial charge in [-0.2, -0.15) is 0 Å². The molecule has 1 aliphatic carbocycles. The second-order valence-electron chi connectivity index (χ2n) is 6.29. The molecule has 2 nitrogen and oxygen atoms in total. The Bertz CT molecular complexity index is 407. The summed E-state index contributed by atoms with van der Waals surface area (Å²) in [6.45, 7) is 5.84. The topological polar surface area (TPSA) is 20.3 Å². The van der Waals surface area contributed by atoms with Crippen LogP contribution in [-0.4, -0.2) is 23.3 Å². The first-order chi connectivity index (χ1) is 9.66. The average Bonchev–Trinajstić information content (AvgIpc) is 2.48. The van der Waals surface area contributed by atoms with Gasteiger partial charge in [0.1, 0.15) is 5.78 Å². The summed E-state index contributed by atoms with van der Waals surface area (Å²) < 4.78 is 0. The molecule has 1 aromatic carbocycles. The van der Waals surface area contributed by atoms with E-state index >= 15 is 0 Å². The number of carbonyl (C=O) groups is 1. The molecule has 0 atom stereocenters. The van der Waals surface area contributed by atoms with Gasteiger partial charge in [-0.25, -0.2) is 0 Å². The number of hydrogen-bond acceptors (Lipinski definition) is 2. The van der Waals surface area contributed by atoms with E-state index in [1.165, 1.54) is 24.8 Å². The van der Waals surface area contributed by atoms with Crippen molar-refractivity contribution in [2.24, 2.45) is 5.92 Å². The third kappa shape index (κ3) is 4.45. The Hall–Kier alpha value is -1.15. The van der Waals surface area contributed by atoms with Gasteiger partial charge in [0.05, 0.1) is 6.54 Å². The van der Waals surface area contributed by atoms with Gasteiger partial charge in [0.25, 0.3) is 0 Å². The van der Waals surface area contributed by atoms with Crippen molar-refractivity contribution >= 4 is 5.78 Å². The van der Waals surface area contributed by atoms with Gasteiger partial charge in [0, 0.05) is 18.5 Å². The highest BCUT2D eigenvalue weighted by Gasteiger charge is 2.23. The van der Waals surface area contributed by atoms with Gasteiger partial charge in [-0.1, -0.05) is 49.6 Å². The van der Waals surface area contributed by atoms with Gasteiger partial charge in [-0.3, -0.25) is 9.69 Å². The van der Waals surface area contributed by atoms with Crippen molar-refractivity contribution in [2.45, 2.75) is 58.5 Å². The summed E-state index contributed by atoms with van der Waals surface area (Å²) in [5.74, 6) is 0.773. The fourth-order valence-electron chi connectivity index (χ4n) is 2.99. The number of ketones is 1. The van der Waals surface area contributed by atoms with E-state index < -0.39 is 0 Å². The second kappa shape index (κ2) is 7.58. The Balaban J connectivity index is 1.93. The van der Waals surface area contributed by atoms with Crippen LogP contribution in [0.2, 0.25) is 0 Å². The molecule has 1 saturated carbocycles. The molecule has 0 amide bonds. The quantitative estimate of drug-likeness (QED) is 0.779. The molecule has 0 spiro atoms. The van der Waals surface area contributed by atoms with Crippen LogP contribution in [0.4, 0.5) is 0 Å². The van der Waals surface area contributed by atoms with E-state index in [9.17, 15) is 4.79 Å². The highest BCUT2D eigenvalue weighted by molar-refractivity contribution is 5.83. The predicted octanol–water partition coefficient (Wildman–Crippen LogP) is 4.05. The Labute approximate surface area is 123 Å². The van der Waals surface area contributed by atoms with E-state index in [2.05, 4.69) is 43.0 Å². The molecule has 0 aliphatic heterocycles. The van der Waals surface area contributed by atoms with Gasteiger partial charge in [0.2, 0.25) is 0 Å². The van der Waals surface area contributed by atoms with Crippen LogP contribution in [0.15, 0.2) is 30.3 Å². The lowest BCUT2D eigenvalue weighted by Gasteiger charge is -2.29. The van der Waals surface area contributed by atoms with Gasteiger partial charge < -0.3 is 0 Å². The smallest absolute Gasteiger partial charge is 0.149 e. The summed E-state index contributed by atoms with van der Waals surface area (Å²) in [6.07, 6.45) is 5.99. The lowest BCUT2D eigenvalue weighted by Crippen LogP contribution is -2.38. The largest absolute Gasteiger partial charge is 0.298 e. The number of rotatable bonds is 6. The maximum absolute atomic E-state index is 12.5. The molecule has 2 heteroatoms. The standard InChI is InChI=1S/C18H27NO/c1-15(2)19(13-16-9-5-3-6-10-16)14-18(20)17-11-7-4-8-12-17/h3,5-6,9-10,15,17H,4,7-8,11-14H2,1-2H3. The summed E-state index contributed by atoms with van der Waals surface area (Å²) in [6, 6.07) is 10.9. The molecule has 1 aliphatic rings. The first-order valence-corrected chi connectivity index (χ1v) is 7.97. The van der Waals surface area contributed by atoms with Crippen molar-refractivity contribution in [3.63, 3.8) is 0 Å². The van der Waals surface area contributed by atoms with E-state index in [1.807, 2.05) is 6.07 Å². The van der Waals surface area contributed by atoms with Crippen LogP contribution in [-0.2, 0) is 11.3 Å². The molecule has 110 valence electrons. The Morgan fingerprint density at radius 2 is 1.80 bits per heavy atom. The summed E-state index contributed by atoms with van der Waals surface area (Å²) in [5, 5.41) is 0. The Morgan fingerprint density at radius 1 is 1.15 bits per heavy atom. The summed E-state index contributed by atoms with van der Waals surface area (Å²) in [4.78, 5) is 14.8. The first-order valence-electron chi connectivity index (χ1n) is 7.97. The van der Waals surface area contributed by atoms with E-state index in [4.69, 9.17) is 0 Å². The fraction of sp³-hybridized carbons (Fsp3) is 0.611. The zero-order chi connectivity index (χ0) is 14.4. The van der Waals surface area contributed by atoms with E-state index in [0.29, 0.717) is 24.3 Å². The Morgan fingerprint density at radius 3 is 2.40 bits per heavy atom. The molecular weight excluding hydrogens is 246 g/mol. The minimum absolute atomic E-state index is 0.320. The van der Waals surface area contributed by atoms with Crippen molar-refractivity contribution in [1.82, 2.24) is 4.90 Å². The van der Waals surface area contributed by atoms with Crippen LogP contribution in [0.3, 0.4) is 0 Å². The molecule has 0 heterocycles. The van der Waals surface area contributed by atoms with Crippen molar-refractivity contribution < 1.29 is 4.79 Å². The molecule has 20 heavy (non-hydrogen) atoms. The van der Waals surface area contributed by atoms with Crippen LogP contribution in [0.5, 0.6) is 0 Å². The maximum Gasteiger partial charge on any atom is 0.149 e. The fourth-order valence-corrected chi connectivity index (χ4v) is 2.99. The zero-order valence-electron chi connectivity index (χ0n) is 12.8. The van der Waals surface area contributed by atoms with Crippen LogP contribution in [0.25, 0.3) is 0 Å². The number of nitrogens with zero attached hydrogens (tertiary/aromatic N) is 1. The normalized spacial score (nSPS) is 16.8. The van der Waals surface area contributed by atoms with Crippen LogP contribution >= 0.6 is 0 Å². The molecule has 1 fully saturated rings. The average molecular weight is 273 g/mol. The van der Waals surface area contributed by atoms with Crippen LogP contribution < -0.4 is 0 Å². The summed E-state index contributed by atoms with van der Waals surface area (Å²) in [7, 11) is 0. The molecule has 0 bridgehead atoms. The molecule has 0 N–H and O–H groups in total. The lowest BCUT2D eigenvalue weighted by atomic mass is 9.86. The van der Waals surface area contributed by atoms with Gasteiger partial charge in [0.15, 0.2) is 0 Å². The third-order valence-corrected chi connectivity index (χ3v) is 4.38. The van der Waals surface area contributed by atoms with Crippen molar-refractivity contribution in [1.29, 1.82) is 0 Å². The van der Waals surface area contributed by atoms with Gasteiger partial charge >= 0.3 is 0 Å². The maximum atomic E-state index is 12.5. The number of carbonyl (C=O) groups excluding carboxylic acids is 1. The highest BCUT2D eigenvalue weighted by Crippen LogP contribution is 2.25. The van der Waals surface area contributed by atoms with E-state index in [1.54, 1.807) is 0 Å². The molecule has 2 rings (SSSR count). The zero-order valence-corrected chi connectivity index (χ0v) is 12.8. The molecular formula is C18H27NO. The summed E-state index contributed by atoms with van der Waals surface area (Å²) in [5.41, 5.74) is 1.29. The predicted molar refractivity (Wildman–Crippen MR) is 83.6 cm³/mol. The minimum Gasteiger partial charge on any atom is -0.298 e. The summed E-state index contributed by atoms with van der Waals surface area (Å²) >= 11 is 0. The Kier molecular flexibility index (Phi) is 5.78. The molecule has 0 unspecified atom stereocenters. The molecule has 0 radical (unpaired) electrons. The monoisotopic (exact) mass is 273 g/mol. The first kappa shape index (κ1) is 15.2. The van der Waals surface area contributed by atoms with Crippen molar-refractivity contribution in [3.05, 3.63) is 35.9 Å². The number of Topliss-reactive ketones (excluding diaryl/α,β-unsaturated/α-hetero) is 1. The molecule has 0 aromatic heterocycles. The van der Waals surface area contributed by atoms with Crippen molar-refractivity contribution in [2.75, 3.05) is 6.54 Å². The minimum atomic E-state index is 0.320. The lowest BCUT2D eigenvalue weighted by molar-refractivity contribution is -0.125. The number of hydrogen-bond donors (Lipinski definition) is 0. The van der Waals surface area contributed by atoms with E-state index in [0.717, 1.165) is 19.4 Å². The molecule has 1 aromatic rings. The van der Waals surface area contributed by atoms with Gasteiger partial charge in [-0.05, 0) is 32.3 Å². The number of benzene rings is 1. The SMILES string of the molecule is CC(C)N(CC(=O)C1CCCCC1)Cc1ccccc1. The van der Waals surface area contributed by atoms with Crippen LogP contribution in [0.1, 0.15) is 51.5 Å². The van der Waals surface area contributed by atoms with Crippen LogP contribution in [0, 0.1) is 5.92 Å². The second-order valence-corrected chi connectivity index (χ2v) is 6.29. The third-order valence-electron chi connectivity index (χ3n) is 4.38. The highest BCUT2D eigenvalue weighted by atomic mass is 16.1. The van der Waals surface area contributed by atoms with Crippen molar-refractivity contribution in [3.8, 4) is 0 Å². The van der Waals surface area contributed by atoms with E-state index in [-0.39, 0.29) is 0 Å².